The summed E-state index contributed by atoms with van der Waals surface area (Å²) in [6.45, 7) is 7.92. The molecule has 0 bridgehead atoms. The summed E-state index contributed by atoms with van der Waals surface area (Å²) in [6.07, 6.45) is 9.13. The Morgan fingerprint density at radius 3 is 2.86 bits per heavy atom. The molecule has 2 N–H and O–H groups in total. The van der Waals surface area contributed by atoms with Crippen LogP contribution in [0.1, 0.15) is 62.4 Å². The minimum Gasteiger partial charge on any atom is -0.487 e. The molecule has 3 aromatic rings. The molecule has 0 unspecified atom stereocenters. The second kappa shape index (κ2) is 9.02. The van der Waals surface area contributed by atoms with Gasteiger partial charge in [0.2, 0.25) is 5.91 Å². The van der Waals surface area contributed by atoms with Crippen molar-refractivity contribution in [1.29, 1.82) is 0 Å². The van der Waals surface area contributed by atoms with E-state index in [0.29, 0.717) is 23.7 Å². The Balaban J connectivity index is 1.26. The molecule has 5 heterocycles. The molecule has 2 amide bonds. The molecule has 10 nitrogen and oxygen atoms in total. The van der Waals surface area contributed by atoms with Crippen LogP contribution in [0.15, 0.2) is 36.8 Å². The van der Waals surface area contributed by atoms with E-state index in [-0.39, 0.29) is 23.5 Å². The van der Waals surface area contributed by atoms with Gasteiger partial charge < -0.3 is 15.0 Å². The summed E-state index contributed by atoms with van der Waals surface area (Å²) in [4.78, 5) is 32.0. The molecule has 0 radical (unpaired) electrons. The van der Waals surface area contributed by atoms with Crippen LogP contribution in [0.5, 0.6) is 5.75 Å². The number of piperidine rings is 1. The molecule has 2 saturated heterocycles. The highest BCUT2D eigenvalue weighted by atomic mass is 16.5. The Bertz CT molecular complexity index is 1360. The summed E-state index contributed by atoms with van der Waals surface area (Å²) < 4.78 is 7.84. The van der Waals surface area contributed by atoms with Crippen molar-refractivity contribution in [3.05, 3.63) is 47.9 Å². The van der Waals surface area contributed by atoms with Crippen LogP contribution in [-0.2, 0) is 11.2 Å². The van der Waals surface area contributed by atoms with Crippen molar-refractivity contribution in [3.8, 4) is 5.75 Å². The summed E-state index contributed by atoms with van der Waals surface area (Å²) in [7, 11) is 0. The highest BCUT2D eigenvalue weighted by Gasteiger charge is 2.37. The van der Waals surface area contributed by atoms with Crippen molar-refractivity contribution in [2.45, 2.75) is 70.6 Å². The highest BCUT2D eigenvalue weighted by molar-refractivity contribution is 6.09. The average molecular weight is 504 g/mol. The number of hydrogen-bond donors (Lipinski definition) is 2. The second-order valence-corrected chi connectivity index (χ2v) is 10.8. The summed E-state index contributed by atoms with van der Waals surface area (Å²) in [5.74, 6) is 0.740. The summed E-state index contributed by atoms with van der Waals surface area (Å²) in [5, 5.41) is 9.59. The molecule has 3 aliphatic rings. The van der Waals surface area contributed by atoms with Crippen LogP contribution in [0.2, 0.25) is 0 Å². The van der Waals surface area contributed by atoms with Crippen molar-refractivity contribution in [2.75, 3.05) is 23.3 Å². The van der Waals surface area contributed by atoms with E-state index in [0.717, 1.165) is 61.5 Å². The fourth-order valence-electron chi connectivity index (χ4n) is 5.89. The normalized spacial score (nSPS) is 21.6. The Morgan fingerprint density at radius 1 is 1.27 bits per heavy atom. The molecule has 2 aromatic heterocycles. The largest absolute Gasteiger partial charge is 0.487 e. The van der Waals surface area contributed by atoms with Crippen LogP contribution in [0.25, 0.3) is 5.65 Å². The van der Waals surface area contributed by atoms with E-state index >= 15 is 0 Å². The van der Waals surface area contributed by atoms with Gasteiger partial charge in [-0.05, 0) is 45.2 Å². The summed E-state index contributed by atoms with van der Waals surface area (Å²) >= 11 is 0. The van der Waals surface area contributed by atoms with E-state index in [1.807, 2.05) is 0 Å². The Kier molecular flexibility index (Phi) is 5.78. The molecule has 0 spiro atoms. The summed E-state index contributed by atoms with van der Waals surface area (Å²) in [6, 6.07) is 6.47. The first-order valence-corrected chi connectivity index (χ1v) is 13.1. The lowest BCUT2D eigenvalue weighted by atomic mass is 9.99. The number of anilines is 2. The number of hydrazine groups is 1. The number of hydrogen-bond acceptors (Lipinski definition) is 7. The Labute approximate surface area is 215 Å². The van der Waals surface area contributed by atoms with Gasteiger partial charge >= 0.3 is 0 Å². The van der Waals surface area contributed by atoms with Crippen LogP contribution < -0.4 is 20.4 Å². The lowest BCUT2D eigenvalue weighted by Crippen LogP contribution is -2.51. The molecule has 2 fully saturated rings. The van der Waals surface area contributed by atoms with E-state index in [1.165, 1.54) is 0 Å². The molecule has 194 valence electrons. The zero-order valence-electron chi connectivity index (χ0n) is 21.5. The van der Waals surface area contributed by atoms with Gasteiger partial charge in [-0.25, -0.2) is 14.5 Å². The number of carbonyl (C=O) groups is 2. The number of nitrogens with one attached hydrogen (secondary N) is 2. The maximum absolute atomic E-state index is 13.4. The molecule has 1 atom stereocenters. The van der Waals surface area contributed by atoms with Crippen molar-refractivity contribution in [2.24, 2.45) is 0 Å². The van der Waals surface area contributed by atoms with E-state index in [9.17, 15) is 9.59 Å². The lowest BCUT2D eigenvalue weighted by molar-refractivity contribution is -0.121. The fourth-order valence-corrected chi connectivity index (χ4v) is 5.89. The number of aromatic nitrogens is 3. The second-order valence-electron chi connectivity index (χ2n) is 10.8. The first-order chi connectivity index (χ1) is 17.8. The average Bonchev–Trinajstić information content (AvgIpc) is 3.56. The van der Waals surface area contributed by atoms with E-state index < -0.39 is 0 Å². The third-order valence-corrected chi connectivity index (χ3v) is 7.69. The molecule has 1 aromatic carbocycles. The number of rotatable bonds is 5. The predicted octanol–water partition coefficient (Wildman–Crippen LogP) is 3.18. The topological polar surface area (TPSA) is 104 Å². The molecule has 3 aliphatic heterocycles. The fraction of sp³-hybridized carbons (Fsp3) is 0.481. The van der Waals surface area contributed by atoms with Gasteiger partial charge in [-0.15, -0.1) is 0 Å². The number of carbonyl (C=O) groups excluding carboxylic acids is 2. The lowest BCUT2D eigenvalue weighted by Gasteiger charge is -2.40. The van der Waals surface area contributed by atoms with Crippen LogP contribution in [0.3, 0.4) is 0 Å². The van der Waals surface area contributed by atoms with E-state index in [1.54, 1.807) is 29.2 Å². The van der Waals surface area contributed by atoms with Crippen LogP contribution in [-0.4, -0.2) is 62.2 Å². The third-order valence-electron chi connectivity index (χ3n) is 7.69. The molecular weight excluding hydrogens is 470 g/mol. The van der Waals surface area contributed by atoms with Gasteiger partial charge in [-0.3, -0.25) is 15.0 Å². The van der Waals surface area contributed by atoms with E-state index in [2.05, 4.69) is 63.6 Å². The third kappa shape index (κ3) is 4.39. The summed E-state index contributed by atoms with van der Waals surface area (Å²) in [5.41, 5.74) is 6.53. The van der Waals surface area contributed by atoms with Crippen LogP contribution >= 0.6 is 0 Å². The first-order valence-electron chi connectivity index (χ1n) is 13.1. The van der Waals surface area contributed by atoms with Gasteiger partial charge in [-0.1, -0.05) is 6.92 Å². The van der Waals surface area contributed by atoms with Crippen molar-refractivity contribution >= 4 is 28.8 Å². The Morgan fingerprint density at radius 2 is 2.08 bits per heavy atom. The monoisotopic (exact) mass is 503 g/mol. The van der Waals surface area contributed by atoms with Gasteiger partial charge in [0.05, 0.1) is 17.6 Å². The number of nitrogens with zero attached hydrogens (tertiary/aromatic N) is 5. The zero-order chi connectivity index (χ0) is 25.7. The minimum absolute atomic E-state index is 0.111. The molecule has 6 rings (SSSR count). The first kappa shape index (κ1) is 23.7. The van der Waals surface area contributed by atoms with Crippen LogP contribution in [0.4, 0.5) is 11.4 Å². The van der Waals surface area contributed by atoms with Crippen molar-refractivity contribution in [3.63, 3.8) is 0 Å². The van der Waals surface area contributed by atoms with Gasteiger partial charge in [0.1, 0.15) is 16.9 Å². The van der Waals surface area contributed by atoms with Crippen LogP contribution in [0, 0.1) is 0 Å². The predicted molar refractivity (Wildman–Crippen MR) is 140 cm³/mol. The number of ether oxygens (including phenoxy) is 1. The maximum atomic E-state index is 13.4. The molecule has 0 saturated carbocycles. The highest BCUT2D eigenvalue weighted by Crippen LogP contribution is 2.42. The Hall–Kier alpha value is -3.66. The zero-order valence-corrected chi connectivity index (χ0v) is 21.5. The number of benzene rings is 1. The van der Waals surface area contributed by atoms with E-state index in [4.69, 9.17) is 4.74 Å². The van der Waals surface area contributed by atoms with Gasteiger partial charge in [0, 0.05) is 62.0 Å². The van der Waals surface area contributed by atoms with Crippen molar-refractivity contribution < 1.29 is 14.3 Å². The molecule has 0 aliphatic carbocycles. The number of amides is 2. The standard InChI is InChI=1S/C27H33N7O3/c1-4-18-13-24(35)31-34(18)19-6-10-32(11-7-19)22-14-23-17(15-27(2,3)37-23)12-21(22)30-26(36)20-16-29-33-9-5-8-28-25(20)33/h5,8-9,12,14,16,18-19H,4,6-7,10-11,13,15H2,1-3H3,(H,30,36)(H,31,35)/t18-/m1/s1. The molecule has 10 heteroatoms. The molecular formula is C27H33N7O3. The SMILES string of the molecule is CC[C@@H]1CC(=O)NN1C1CCN(c2cc3c(cc2NC(=O)c2cnn4cccnc24)CC(C)(C)O3)CC1. The minimum atomic E-state index is -0.287. The quantitative estimate of drug-likeness (QED) is 0.551. The van der Waals surface area contributed by atoms with Gasteiger partial charge in [0.15, 0.2) is 5.65 Å². The molecule has 37 heavy (non-hydrogen) atoms. The maximum Gasteiger partial charge on any atom is 0.261 e. The smallest absolute Gasteiger partial charge is 0.261 e. The number of fused-ring (bicyclic) bond motifs is 2. The van der Waals surface area contributed by atoms with Gasteiger partial charge in [-0.2, -0.15) is 5.10 Å². The van der Waals surface area contributed by atoms with Gasteiger partial charge in [0.25, 0.3) is 5.91 Å². The van der Waals surface area contributed by atoms with Crippen molar-refractivity contribution in [1.82, 2.24) is 25.0 Å².